The molecule has 2 rings (SSSR count). The fourth-order valence-electron chi connectivity index (χ4n) is 2.15. The predicted molar refractivity (Wildman–Crippen MR) is 103 cm³/mol. The van der Waals surface area contributed by atoms with E-state index in [4.69, 9.17) is 17.4 Å². The highest BCUT2D eigenvalue weighted by Gasteiger charge is 2.07. The lowest BCUT2D eigenvalue weighted by molar-refractivity contribution is 0.598. The number of nitrogens with one attached hydrogen (secondary N) is 2. The van der Waals surface area contributed by atoms with Crippen molar-refractivity contribution in [3.05, 3.63) is 54.1 Å². The normalized spacial score (nSPS) is 12.5. The van der Waals surface area contributed by atoms with Gasteiger partial charge in [0.2, 0.25) is 10.0 Å². The second-order valence-corrected chi connectivity index (χ2v) is 7.55. The summed E-state index contributed by atoms with van der Waals surface area (Å²) in [6, 6.07) is 14.2. The molecule has 0 aliphatic rings. The second-order valence-electron chi connectivity index (χ2n) is 5.58. The van der Waals surface area contributed by atoms with Gasteiger partial charge in [-0.05, 0) is 66.5 Å². The molecular weight excluding hydrogens is 342 g/mol. The van der Waals surface area contributed by atoms with E-state index in [-0.39, 0.29) is 4.90 Å². The monoisotopic (exact) mass is 363 g/mol. The van der Waals surface area contributed by atoms with Gasteiger partial charge in [-0.2, -0.15) is 0 Å². The van der Waals surface area contributed by atoms with Crippen molar-refractivity contribution in [1.82, 2.24) is 0 Å². The molecule has 0 spiro atoms. The number of nitrogens with two attached hydrogens (primary N) is 1. The van der Waals surface area contributed by atoms with Gasteiger partial charge in [-0.25, -0.2) is 13.6 Å². The van der Waals surface area contributed by atoms with E-state index in [9.17, 15) is 8.42 Å². The minimum Gasteiger partial charge on any atom is -0.332 e. The molecule has 1 unspecified atom stereocenters. The maximum Gasteiger partial charge on any atom is 0.238 e. The van der Waals surface area contributed by atoms with Gasteiger partial charge in [0, 0.05) is 11.4 Å². The quantitative estimate of drug-likeness (QED) is 0.706. The fraction of sp³-hybridized carbons (Fsp3) is 0.235. The lowest BCUT2D eigenvalue weighted by Gasteiger charge is -2.13. The third kappa shape index (κ3) is 5.02. The molecule has 0 aliphatic carbocycles. The summed E-state index contributed by atoms with van der Waals surface area (Å²) in [7, 11) is -3.69. The summed E-state index contributed by atoms with van der Waals surface area (Å²) in [4.78, 5) is 0.0626. The minimum atomic E-state index is -3.69. The van der Waals surface area contributed by atoms with Crippen LogP contribution in [0.25, 0.3) is 0 Å². The number of hydrogen-bond donors (Lipinski definition) is 3. The summed E-state index contributed by atoms with van der Waals surface area (Å²) in [5, 5.41) is 11.6. The maximum absolute atomic E-state index is 11.2. The number of anilines is 2. The molecule has 24 heavy (non-hydrogen) atoms. The van der Waals surface area contributed by atoms with Crippen LogP contribution in [-0.4, -0.2) is 13.5 Å². The van der Waals surface area contributed by atoms with Gasteiger partial charge < -0.3 is 10.6 Å². The van der Waals surface area contributed by atoms with Crippen LogP contribution in [0.5, 0.6) is 0 Å². The summed E-state index contributed by atoms with van der Waals surface area (Å²) in [6.45, 7) is 4.36. The molecule has 0 heterocycles. The molecule has 0 saturated carbocycles. The van der Waals surface area contributed by atoms with E-state index >= 15 is 0 Å². The molecule has 0 bridgehead atoms. The van der Waals surface area contributed by atoms with Crippen molar-refractivity contribution in [2.24, 2.45) is 5.14 Å². The zero-order valence-electron chi connectivity index (χ0n) is 13.6. The molecule has 7 heteroatoms. The van der Waals surface area contributed by atoms with Crippen LogP contribution in [-0.2, 0) is 10.0 Å². The van der Waals surface area contributed by atoms with Gasteiger partial charge in [0.05, 0.1) is 4.90 Å². The number of thiocarbonyl (C=S) groups is 1. The molecule has 0 radical (unpaired) electrons. The van der Waals surface area contributed by atoms with E-state index in [0.29, 0.717) is 16.7 Å². The van der Waals surface area contributed by atoms with Crippen LogP contribution in [0.2, 0.25) is 0 Å². The summed E-state index contributed by atoms with van der Waals surface area (Å²) in [6.07, 6.45) is 1.10. The number of rotatable bonds is 5. The molecule has 2 aromatic carbocycles. The van der Waals surface area contributed by atoms with Crippen LogP contribution < -0.4 is 15.8 Å². The lowest BCUT2D eigenvalue weighted by Crippen LogP contribution is -2.19. The van der Waals surface area contributed by atoms with Crippen molar-refractivity contribution in [2.75, 3.05) is 10.6 Å². The highest BCUT2D eigenvalue weighted by atomic mass is 32.2. The molecule has 0 amide bonds. The Bertz CT molecular complexity index is 801. The molecule has 0 aromatic heterocycles. The van der Waals surface area contributed by atoms with Gasteiger partial charge in [0.25, 0.3) is 0 Å². The highest BCUT2D eigenvalue weighted by Crippen LogP contribution is 2.20. The molecule has 0 aliphatic heterocycles. The van der Waals surface area contributed by atoms with Crippen LogP contribution in [0.3, 0.4) is 0 Å². The summed E-state index contributed by atoms with van der Waals surface area (Å²) in [5.41, 5.74) is 2.86. The molecule has 1 atom stereocenters. The molecular formula is C17H21N3O2S2. The van der Waals surface area contributed by atoms with Gasteiger partial charge in [-0.3, -0.25) is 0 Å². The number of benzene rings is 2. The van der Waals surface area contributed by atoms with E-state index < -0.39 is 10.0 Å². The second kappa shape index (κ2) is 7.74. The van der Waals surface area contributed by atoms with Gasteiger partial charge in [0.1, 0.15) is 0 Å². The highest BCUT2D eigenvalue weighted by molar-refractivity contribution is 7.89. The molecule has 128 valence electrons. The minimum absolute atomic E-state index is 0.0626. The first-order valence-corrected chi connectivity index (χ1v) is 9.56. The number of hydrogen-bond acceptors (Lipinski definition) is 3. The Morgan fingerprint density at radius 2 is 1.50 bits per heavy atom. The third-order valence-corrected chi connectivity index (χ3v) is 4.92. The average Bonchev–Trinajstić information content (AvgIpc) is 2.54. The number of sulfonamides is 1. The molecule has 0 fully saturated rings. The summed E-state index contributed by atoms with van der Waals surface area (Å²) >= 11 is 5.27. The zero-order valence-corrected chi connectivity index (χ0v) is 15.2. The van der Waals surface area contributed by atoms with Crippen LogP contribution in [0, 0.1) is 0 Å². The van der Waals surface area contributed by atoms with E-state index in [1.54, 1.807) is 12.1 Å². The van der Waals surface area contributed by atoms with Crippen LogP contribution >= 0.6 is 12.2 Å². The fourth-order valence-corrected chi connectivity index (χ4v) is 2.90. The van der Waals surface area contributed by atoms with Crippen LogP contribution in [0.4, 0.5) is 11.4 Å². The van der Waals surface area contributed by atoms with E-state index in [0.717, 1.165) is 12.1 Å². The Hall–Kier alpha value is -1.96. The van der Waals surface area contributed by atoms with E-state index in [1.165, 1.54) is 17.7 Å². The number of primary sulfonamides is 1. The first kappa shape index (κ1) is 18.4. The lowest BCUT2D eigenvalue weighted by atomic mass is 9.99. The van der Waals surface area contributed by atoms with Crippen molar-refractivity contribution in [1.29, 1.82) is 0 Å². The predicted octanol–water partition coefficient (Wildman–Crippen LogP) is 3.66. The standard InChI is InChI=1S/C17H21N3O2S2/c1-3-12(2)13-4-6-14(7-5-13)19-17(23)20-15-8-10-16(11-9-15)24(18,21)22/h4-12H,3H2,1-2H3,(H2,18,21,22)(H2,19,20,23). The molecule has 0 saturated heterocycles. The Labute approximate surface area is 148 Å². The van der Waals surface area contributed by atoms with Gasteiger partial charge in [-0.15, -0.1) is 0 Å². The average molecular weight is 364 g/mol. The van der Waals surface area contributed by atoms with E-state index in [2.05, 4.69) is 36.6 Å². The summed E-state index contributed by atoms with van der Waals surface area (Å²) < 4.78 is 22.4. The van der Waals surface area contributed by atoms with Crippen molar-refractivity contribution in [3.63, 3.8) is 0 Å². The van der Waals surface area contributed by atoms with Gasteiger partial charge in [-0.1, -0.05) is 26.0 Å². The maximum atomic E-state index is 11.2. The Balaban J connectivity index is 1.98. The smallest absolute Gasteiger partial charge is 0.238 e. The van der Waals surface area contributed by atoms with Crippen LogP contribution in [0.1, 0.15) is 31.7 Å². The Kier molecular flexibility index (Phi) is 5.93. The third-order valence-electron chi connectivity index (χ3n) is 3.79. The Morgan fingerprint density at radius 1 is 1.04 bits per heavy atom. The Morgan fingerprint density at radius 3 is 1.92 bits per heavy atom. The van der Waals surface area contributed by atoms with Crippen molar-refractivity contribution < 1.29 is 8.42 Å². The van der Waals surface area contributed by atoms with Crippen molar-refractivity contribution in [3.8, 4) is 0 Å². The zero-order chi connectivity index (χ0) is 17.7. The topological polar surface area (TPSA) is 84.2 Å². The van der Waals surface area contributed by atoms with Gasteiger partial charge >= 0.3 is 0 Å². The largest absolute Gasteiger partial charge is 0.332 e. The summed E-state index contributed by atoms with van der Waals surface area (Å²) in [5.74, 6) is 0.529. The molecule has 2 aromatic rings. The first-order valence-electron chi connectivity index (χ1n) is 7.60. The van der Waals surface area contributed by atoms with Crippen LogP contribution in [0.15, 0.2) is 53.4 Å². The SMILES string of the molecule is CCC(C)c1ccc(NC(=S)Nc2ccc(S(N)(=O)=O)cc2)cc1. The first-order chi connectivity index (χ1) is 11.3. The van der Waals surface area contributed by atoms with Crippen molar-refractivity contribution in [2.45, 2.75) is 31.1 Å². The molecule has 5 nitrogen and oxygen atoms in total. The molecule has 4 N–H and O–H groups in total. The van der Waals surface area contributed by atoms with Crippen molar-refractivity contribution >= 4 is 38.7 Å². The van der Waals surface area contributed by atoms with Gasteiger partial charge in [0.15, 0.2) is 5.11 Å². The van der Waals surface area contributed by atoms with E-state index in [1.807, 2.05) is 12.1 Å².